The Morgan fingerprint density at radius 1 is 1.40 bits per heavy atom. The van der Waals surface area contributed by atoms with E-state index in [0.29, 0.717) is 18.2 Å². The van der Waals surface area contributed by atoms with Gasteiger partial charge in [-0.15, -0.1) is 0 Å². The van der Waals surface area contributed by atoms with E-state index in [2.05, 4.69) is 25.3 Å². The van der Waals surface area contributed by atoms with Crippen LogP contribution in [-0.4, -0.2) is 27.0 Å². The lowest BCUT2D eigenvalue weighted by molar-refractivity contribution is 0.397. The van der Waals surface area contributed by atoms with E-state index in [1.807, 2.05) is 0 Å². The molecule has 0 amide bonds. The van der Waals surface area contributed by atoms with E-state index in [-0.39, 0.29) is 0 Å². The van der Waals surface area contributed by atoms with Crippen LogP contribution in [0, 0.1) is 0 Å². The third-order valence-electron chi connectivity index (χ3n) is 1.84. The van der Waals surface area contributed by atoms with Gasteiger partial charge in [0, 0.05) is 18.5 Å². The fourth-order valence-corrected chi connectivity index (χ4v) is 1.12. The molecule has 15 heavy (non-hydrogen) atoms. The minimum absolute atomic E-state index is 0.534. The van der Waals surface area contributed by atoms with Gasteiger partial charge in [0.2, 0.25) is 5.88 Å². The molecule has 0 saturated carbocycles. The van der Waals surface area contributed by atoms with Crippen molar-refractivity contribution in [1.29, 1.82) is 0 Å². The Hall–Kier alpha value is -2.11. The summed E-state index contributed by atoms with van der Waals surface area (Å²) in [6.45, 7) is 0.590. The van der Waals surface area contributed by atoms with Crippen molar-refractivity contribution in [3.63, 3.8) is 0 Å². The Kier molecular flexibility index (Phi) is 2.77. The third kappa shape index (κ3) is 2.43. The van der Waals surface area contributed by atoms with Gasteiger partial charge >= 0.3 is 0 Å². The van der Waals surface area contributed by atoms with Crippen molar-refractivity contribution in [1.82, 2.24) is 19.9 Å². The minimum Gasteiger partial charge on any atom is -0.481 e. The van der Waals surface area contributed by atoms with Gasteiger partial charge in [-0.2, -0.15) is 0 Å². The maximum Gasteiger partial charge on any atom is 0.218 e. The average Bonchev–Trinajstić information content (AvgIpc) is 2.79. The van der Waals surface area contributed by atoms with Gasteiger partial charge in [-0.3, -0.25) is 0 Å². The molecule has 2 aromatic rings. The zero-order chi connectivity index (χ0) is 10.5. The number of rotatable bonds is 4. The van der Waals surface area contributed by atoms with Crippen LogP contribution in [0.15, 0.2) is 24.8 Å². The van der Waals surface area contributed by atoms with Crippen LogP contribution in [0.5, 0.6) is 5.88 Å². The van der Waals surface area contributed by atoms with Gasteiger partial charge in [-0.25, -0.2) is 15.0 Å². The number of aromatic amines is 1. The summed E-state index contributed by atoms with van der Waals surface area (Å²) >= 11 is 0. The van der Waals surface area contributed by atoms with Gasteiger partial charge in [-0.05, 0) is 0 Å². The molecule has 0 unspecified atom stereocenters. The van der Waals surface area contributed by atoms with Crippen LogP contribution in [-0.2, 0) is 6.54 Å². The van der Waals surface area contributed by atoms with E-state index in [1.54, 1.807) is 25.6 Å². The van der Waals surface area contributed by atoms with Crippen molar-refractivity contribution < 1.29 is 4.74 Å². The molecule has 2 heterocycles. The van der Waals surface area contributed by atoms with Crippen LogP contribution < -0.4 is 10.1 Å². The summed E-state index contributed by atoms with van der Waals surface area (Å²) in [6.07, 6.45) is 4.93. The van der Waals surface area contributed by atoms with Crippen LogP contribution in [0.3, 0.4) is 0 Å². The first-order valence-corrected chi connectivity index (χ1v) is 4.46. The molecule has 0 aromatic carbocycles. The van der Waals surface area contributed by atoms with Gasteiger partial charge in [-0.1, -0.05) is 0 Å². The molecule has 0 fully saturated rings. The van der Waals surface area contributed by atoms with E-state index < -0.39 is 0 Å². The third-order valence-corrected chi connectivity index (χ3v) is 1.84. The Balaban J connectivity index is 1.98. The number of imidazole rings is 1. The highest BCUT2D eigenvalue weighted by molar-refractivity contribution is 5.36. The number of nitrogens with one attached hydrogen (secondary N) is 2. The molecule has 6 heteroatoms. The predicted octanol–water partition coefficient (Wildman–Crippen LogP) is 0.820. The van der Waals surface area contributed by atoms with Crippen LogP contribution in [0.25, 0.3) is 0 Å². The molecular weight excluding hydrogens is 194 g/mol. The lowest BCUT2D eigenvalue weighted by Crippen LogP contribution is -2.03. The van der Waals surface area contributed by atoms with Crippen LogP contribution in [0.1, 0.15) is 5.82 Å². The second-order valence-electron chi connectivity index (χ2n) is 2.84. The summed E-state index contributed by atoms with van der Waals surface area (Å²) in [7, 11) is 1.57. The summed E-state index contributed by atoms with van der Waals surface area (Å²) in [5.74, 6) is 2.10. The number of anilines is 1. The molecule has 0 aliphatic carbocycles. The molecule has 0 bridgehead atoms. The fraction of sp³-hybridized carbons (Fsp3) is 0.222. The van der Waals surface area contributed by atoms with Crippen molar-refractivity contribution >= 4 is 5.82 Å². The number of aromatic nitrogens is 4. The van der Waals surface area contributed by atoms with Gasteiger partial charge in [0.15, 0.2) is 0 Å². The van der Waals surface area contributed by atoms with Crippen LogP contribution >= 0.6 is 0 Å². The molecule has 6 nitrogen and oxygen atoms in total. The molecule has 0 aliphatic rings. The minimum atomic E-state index is 0.534. The average molecular weight is 205 g/mol. The summed E-state index contributed by atoms with van der Waals surface area (Å²) < 4.78 is 4.98. The number of hydrogen-bond donors (Lipinski definition) is 2. The normalized spacial score (nSPS) is 9.93. The fourth-order valence-electron chi connectivity index (χ4n) is 1.12. The highest BCUT2D eigenvalue weighted by atomic mass is 16.5. The Morgan fingerprint density at radius 3 is 3.07 bits per heavy atom. The van der Waals surface area contributed by atoms with Gasteiger partial charge in [0.25, 0.3) is 0 Å². The van der Waals surface area contributed by atoms with E-state index in [4.69, 9.17) is 4.74 Å². The van der Waals surface area contributed by atoms with Crippen molar-refractivity contribution in [2.45, 2.75) is 6.54 Å². The van der Waals surface area contributed by atoms with E-state index in [0.717, 1.165) is 5.82 Å². The smallest absolute Gasteiger partial charge is 0.218 e. The van der Waals surface area contributed by atoms with Crippen molar-refractivity contribution in [2.75, 3.05) is 12.4 Å². The molecule has 0 spiro atoms. The predicted molar refractivity (Wildman–Crippen MR) is 54.5 cm³/mol. The second kappa shape index (κ2) is 4.41. The van der Waals surface area contributed by atoms with Crippen molar-refractivity contribution in [3.8, 4) is 5.88 Å². The number of methoxy groups -OCH3 is 1. The first kappa shape index (κ1) is 9.45. The molecule has 78 valence electrons. The van der Waals surface area contributed by atoms with Crippen molar-refractivity contribution in [2.24, 2.45) is 0 Å². The molecule has 0 radical (unpaired) electrons. The first-order chi connectivity index (χ1) is 7.38. The maximum absolute atomic E-state index is 4.98. The maximum atomic E-state index is 4.98. The van der Waals surface area contributed by atoms with Gasteiger partial charge < -0.3 is 15.0 Å². The number of hydrogen-bond acceptors (Lipinski definition) is 5. The van der Waals surface area contributed by atoms with E-state index in [1.165, 1.54) is 6.33 Å². The van der Waals surface area contributed by atoms with Gasteiger partial charge in [0.1, 0.15) is 18.0 Å². The molecule has 0 aliphatic heterocycles. The quantitative estimate of drug-likeness (QED) is 0.772. The Labute approximate surface area is 86.7 Å². The summed E-state index contributed by atoms with van der Waals surface area (Å²) in [5.41, 5.74) is 0. The number of nitrogens with zero attached hydrogens (tertiary/aromatic N) is 3. The van der Waals surface area contributed by atoms with E-state index >= 15 is 0 Å². The SMILES string of the molecule is COc1cc(NCc2ncc[nH]2)ncn1. The van der Waals surface area contributed by atoms with E-state index in [9.17, 15) is 0 Å². The lowest BCUT2D eigenvalue weighted by atomic mass is 10.5. The largest absolute Gasteiger partial charge is 0.481 e. The second-order valence-corrected chi connectivity index (χ2v) is 2.84. The number of H-pyrrole nitrogens is 1. The highest BCUT2D eigenvalue weighted by Crippen LogP contribution is 2.10. The molecule has 2 aromatic heterocycles. The van der Waals surface area contributed by atoms with Crippen LogP contribution in [0.4, 0.5) is 5.82 Å². The lowest BCUT2D eigenvalue weighted by Gasteiger charge is -2.04. The number of ether oxygens (including phenoxy) is 1. The van der Waals surface area contributed by atoms with Crippen molar-refractivity contribution in [3.05, 3.63) is 30.6 Å². The highest BCUT2D eigenvalue weighted by Gasteiger charge is 1.98. The Bertz CT molecular complexity index is 414. The standard InChI is InChI=1S/C9H11N5O/c1-15-9-4-7(13-6-14-9)12-5-8-10-2-3-11-8/h2-4,6H,5H2,1H3,(H,10,11)(H,12,13,14). The molecule has 0 saturated heterocycles. The molecule has 2 N–H and O–H groups in total. The van der Waals surface area contributed by atoms with Crippen LogP contribution in [0.2, 0.25) is 0 Å². The topological polar surface area (TPSA) is 75.7 Å². The summed E-state index contributed by atoms with van der Waals surface area (Å²) in [4.78, 5) is 15.0. The monoisotopic (exact) mass is 205 g/mol. The zero-order valence-corrected chi connectivity index (χ0v) is 8.27. The van der Waals surface area contributed by atoms with Gasteiger partial charge in [0.05, 0.1) is 13.7 Å². The Morgan fingerprint density at radius 2 is 2.33 bits per heavy atom. The molecule has 0 atom stereocenters. The summed E-state index contributed by atoms with van der Waals surface area (Å²) in [5, 5.41) is 3.10. The first-order valence-electron chi connectivity index (χ1n) is 4.46. The molecular formula is C9H11N5O. The zero-order valence-electron chi connectivity index (χ0n) is 8.27. The summed E-state index contributed by atoms with van der Waals surface area (Å²) in [6, 6.07) is 1.73. The molecule has 2 rings (SSSR count).